The molecule has 0 aliphatic carbocycles. The van der Waals surface area contributed by atoms with Crippen LogP contribution in [0.4, 0.5) is 23.4 Å². The van der Waals surface area contributed by atoms with E-state index < -0.39 is 0 Å². The lowest BCUT2D eigenvalue weighted by Gasteiger charge is -2.27. The predicted molar refractivity (Wildman–Crippen MR) is 118 cm³/mol. The average Bonchev–Trinajstić information content (AvgIpc) is 3.35. The standard InChI is InChI=1S/C21H21N9O2/c1-29(14-6-3-2-4-7-14)21-26-17(25-20(22)27-21)18-24-19(32-28-18)15-8-5-9-16(23-15)30-10-12-31-13-11-30/h2-9H,10-13H2,1H3,(H2,22,25,26,27). The van der Waals surface area contributed by atoms with E-state index in [1.807, 2.05) is 55.6 Å². The Labute approximate surface area is 183 Å². The summed E-state index contributed by atoms with van der Waals surface area (Å²) in [4.78, 5) is 25.9. The number of nitrogen functional groups attached to an aromatic ring is 1. The van der Waals surface area contributed by atoms with Crippen LogP contribution in [0, 0.1) is 0 Å². The fourth-order valence-corrected chi connectivity index (χ4v) is 3.33. The number of aromatic nitrogens is 6. The van der Waals surface area contributed by atoms with Gasteiger partial charge in [0.25, 0.3) is 5.89 Å². The van der Waals surface area contributed by atoms with Gasteiger partial charge in [0.2, 0.25) is 23.5 Å². The zero-order valence-corrected chi connectivity index (χ0v) is 17.4. The molecule has 4 aromatic rings. The maximum Gasteiger partial charge on any atom is 0.277 e. The van der Waals surface area contributed by atoms with E-state index >= 15 is 0 Å². The molecule has 0 bridgehead atoms. The Balaban J connectivity index is 1.43. The van der Waals surface area contributed by atoms with E-state index in [9.17, 15) is 0 Å². The molecule has 3 aromatic heterocycles. The third kappa shape index (κ3) is 4.05. The van der Waals surface area contributed by atoms with Crippen molar-refractivity contribution in [2.75, 3.05) is 48.9 Å². The Morgan fingerprint density at radius 1 is 0.875 bits per heavy atom. The van der Waals surface area contributed by atoms with Crippen molar-refractivity contribution in [1.82, 2.24) is 30.1 Å². The number of ether oxygens (including phenoxy) is 1. The van der Waals surface area contributed by atoms with Crippen LogP contribution in [0.3, 0.4) is 0 Å². The van der Waals surface area contributed by atoms with Crippen LogP contribution < -0.4 is 15.5 Å². The number of nitrogens with two attached hydrogens (primary N) is 1. The highest BCUT2D eigenvalue weighted by molar-refractivity contribution is 5.60. The molecule has 1 aliphatic heterocycles. The molecule has 32 heavy (non-hydrogen) atoms. The van der Waals surface area contributed by atoms with Crippen molar-refractivity contribution in [3.63, 3.8) is 0 Å². The highest BCUT2D eigenvalue weighted by Crippen LogP contribution is 2.25. The molecule has 1 fully saturated rings. The second kappa shape index (κ2) is 8.55. The summed E-state index contributed by atoms with van der Waals surface area (Å²) in [6.07, 6.45) is 0. The van der Waals surface area contributed by atoms with Crippen LogP contribution in [0.15, 0.2) is 53.1 Å². The molecule has 5 rings (SSSR count). The number of nitrogens with zero attached hydrogens (tertiary/aromatic N) is 8. The first kappa shape index (κ1) is 19.8. The zero-order chi connectivity index (χ0) is 21.9. The molecular weight excluding hydrogens is 410 g/mol. The van der Waals surface area contributed by atoms with Gasteiger partial charge >= 0.3 is 0 Å². The minimum atomic E-state index is 0.0616. The van der Waals surface area contributed by atoms with Gasteiger partial charge in [-0.2, -0.15) is 19.9 Å². The largest absolute Gasteiger partial charge is 0.378 e. The number of anilines is 4. The predicted octanol–water partition coefficient (Wildman–Crippen LogP) is 2.17. The van der Waals surface area contributed by atoms with Gasteiger partial charge in [-0.15, -0.1) is 0 Å². The van der Waals surface area contributed by atoms with Crippen LogP contribution in [0.2, 0.25) is 0 Å². The molecule has 2 N–H and O–H groups in total. The molecule has 0 radical (unpaired) electrons. The first-order valence-electron chi connectivity index (χ1n) is 10.1. The van der Waals surface area contributed by atoms with E-state index in [1.165, 1.54) is 0 Å². The minimum Gasteiger partial charge on any atom is -0.378 e. The van der Waals surface area contributed by atoms with Gasteiger partial charge in [-0.1, -0.05) is 29.4 Å². The highest BCUT2D eigenvalue weighted by atomic mass is 16.5. The molecule has 0 unspecified atom stereocenters. The van der Waals surface area contributed by atoms with Crippen LogP contribution >= 0.6 is 0 Å². The molecule has 0 atom stereocenters. The number of morpholine rings is 1. The lowest BCUT2D eigenvalue weighted by atomic mass is 10.3. The van der Waals surface area contributed by atoms with E-state index in [0.717, 1.165) is 24.6 Å². The molecule has 11 heteroatoms. The Morgan fingerprint density at radius 3 is 2.50 bits per heavy atom. The normalized spacial score (nSPS) is 13.8. The third-order valence-corrected chi connectivity index (χ3v) is 5.00. The lowest BCUT2D eigenvalue weighted by molar-refractivity contribution is 0.122. The Kier molecular flexibility index (Phi) is 5.30. The molecule has 0 amide bonds. The van der Waals surface area contributed by atoms with Crippen LogP contribution in [-0.2, 0) is 4.74 Å². The van der Waals surface area contributed by atoms with Crippen molar-refractivity contribution >= 4 is 23.4 Å². The Bertz CT molecular complexity index is 1210. The molecule has 0 saturated carbocycles. The van der Waals surface area contributed by atoms with Gasteiger partial charge in [0.1, 0.15) is 11.5 Å². The van der Waals surface area contributed by atoms with Gasteiger partial charge in [-0.3, -0.25) is 0 Å². The number of hydrogen-bond acceptors (Lipinski definition) is 11. The summed E-state index contributed by atoms with van der Waals surface area (Å²) in [6, 6.07) is 15.4. The second-order valence-corrected chi connectivity index (χ2v) is 7.12. The quantitative estimate of drug-likeness (QED) is 0.498. The van der Waals surface area contributed by atoms with Gasteiger partial charge in [0.05, 0.1) is 13.2 Å². The smallest absolute Gasteiger partial charge is 0.277 e. The second-order valence-electron chi connectivity index (χ2n) is 7.12. The fourth-order valence-electron chi connectivity index (χ4n) is 3.33. The summed E-state index contributed by atoms with van der Waals surface area (Å²) in [7, 11) is 1.84. The number of benzene rings is 1. The lowest BCUT2D eigenvalue weighted by Crippen LogP contribution is -2.36. The summed E-state index contributed by atoms with van der Waals surface area (Å²) in [6.45, 7) is 2.93. The molecule has 1 aliphatic rings. The SMILES string of the molecule is CN(c1ccccc1)c1nc(N)nc(-c2noc(-c3cccc(N4CCOCC4)n3)n2)n1. The van der Waals surface area contributed by atoms with Gasteiger partial charge in [0.15, 0.2) is 0 Å². The first-order valence-corrected chi connectivity index (χ1v) is 10.1. The molecule has 0 spiro atoms. The fraction of sp³-hybridized carbons (Fsp3) is 0.238. The van der Waals surface area contributed by atoms with Gasteiger partial charge in [-0.05, 0) is 24.3 Å². The third-order valence-electron chi connectivity index (χ3n) is 5.00. The Hall–Kier alpha value is -4.12. The summed E-state index contributed by atoms with van der Waals surface area (Å²) in [5, 5.41) is 4.03. The van der Waals surface area contributed by atoms with Gasteiger partial charge in [-0.25, -0.2) is 4.98 Å². The molecule has 1 saturated heterocycles. The van der Waals surface area contributed by atoms with E-state index in [2.05, 4.69) is 35.0 Å². The summed E-state index contributed by atoms with van der Waals surface area (Å²) in [5.41, 5.74) is 7.40. The number of pyridine rings is 1. The zero-order valence-electron chi connectivity index (χ0n) is 17.4. The maximum atomic E-state index is 5.93. The van der Waals surface area contributed by atoms with Crippen molar-refractivity contribution in [3.05, 3.63) is 48.5 Å². The monoisotopic (exact) mass is 431 g/mol. The van der Waals surface area contributed by atoms with Crippen LogP contribution in [0.5, 0.6) is 0 Å². The van der Waals surface area contributed by atoms with Crippen LogP contribution in [0.1, 0.15) is 0 Å². The van der Waals surface area contributed by atoms with Crippen molar-refractivity contribution < 1.29 is 9.26 Å². The number of hydrogen-bond donors (Lipinski definition) is 1. The highest BCUT2D eigenvalue weighted by Gasteiger charge is 2.19. The molecule has 4 heterocycles. The molecular formula is C21H21N9O2. The summed E-state index contributed by atoms with van der Waals surface area (Å²) in [5.74, 6) is 1.96. The van der Waals surface area contributed by atoms with Gasteiger partial charge < -0.3 is 24.8 Å². The number of para-hydroxylation sites is 1. The van der Waals surface area contributed by atoms with Crippen molar-refractivity contribution in [3.8, 4) is 23.2 Å². The van der Waals surface area contributed by atoms with E-state index in [0.29, 0.717) is 24.9 Å². The minimum absolute atomic E-state index is 0.0616. The molecule has 11 nitrogen and oxygen atoms in total. The average molecular weight is 431 g/mol. The van der Waals surface area contributed by atoms with E-state index in [4.69, 9.17) is 15.0 Å². The van der Waals surface area contributed by atoms with Crippen molar-refractivity contribution in [2.24, 2.45) is 0 Å². The van der Waals surface area contributed by atoms with Gasteiger partial charge in [0, 0.05) is 25.8 Å². The first-order chi connectivity index (χ1) is 15.7. The molecule has 1 aromatic carbocycles. The molecule has 162 valence electrons. The number of rotatable bonds is 5. The maximum absolute atomic E-state index is 5.93. The summed E-state index contributed by atoms with van der Waals surface area (Å²) < 4.78 is 10.9. The topological polar surface area (TPSA) is 132 Å². The van der Waals surface area contributed by atoms with E-state index in [1.54, 1.807) is 4.90 Å². The van der Waals surface area contributed by atoms with Crippen molar-refractivity contribution in [1.29, 1.82) is 0 Å². The Morgan fingerprint density at radius 2 is 1.69 bits per heavy atom. The summed E-state index contributed by atoms with van der Waals surface area (Å²) >= 11 is 0. The van der Waals surface area contributed by atoms with Crippen LogP contribution in [0.25, 0.3) is 23.2 Å². The van der Waals surface area contributed by atoms with Crippen LogP contribution in [-0.4, -0.2) is 63.4 Å². The van der Waals surface area contributed by atoms with E-state index in [-0.39, 0.29) is 23.5 Å². The van der Waals surface area contributed by atoms with Crippen molar-refractivity contribution in [2.45, 2.75) is 0 Å².